The lowest BCUT2D eigenvalue weighted by Crippen LogP contribution is -2.38. The van der Waals surface area contributed by atoms with Gasteiger partial charge in [-0.1, -0.05) is 48.9 Å². The SMILES string of the molecule is CC[C@@H](CNC(=O)[C@H](C)OC(=O)c1cc(F)c(F)cc1Cl)c1ccccc1. The van der Waals surface area contributed by atoms with Crippen molar-refractivity contribution in [1.29, 1.82) is 0 Å². The molecule has 0 aromatic heterocycles. The fourth-order valence-electron chi connectivity index (χ4n) is 2.55. The van der Waals surface area contributed by atoms with E-state index in [1.165, 1.54) is 6.92 Å². The van der Waals surface area contributed by atoms with E-state index in [9.17, 15) is 18.4 Å². The Morgan fingerprint density at radius 1 is 1.15 bits per heavy atom. The van der Waals surface area contributed by atoms with E-state index in [-0.39, 0.29) is 16.5 Å². The Balaban J connectivity index is 1.95. The second-order valence-corrected chi connectivity index (χ2v) is 6.46. The first-order chi connectivity index (χ1) is 12.8. The zero-order chi connectivity index (χ0) is 20.0. The van der Waals surface area contributed by atoms with E-state index in [4.69, 9.17) is 16.3 Å². The Bertz CT molecular complexity index is 814. The predicted octanol–water partition coefficient (Wildman–Crippen LogP) is 4.47. The molecule has 4 nitrogen and oxygen atoms in total. The maximum atomic E-state index is 13.3. The first-order valence-electron chi connectivity index (χ1n) is 8.51. The smallest absolute Gasteiger partial charge is 0.340 e. The average molecular weight is 396 g/mol. The maximum Gasteiger partial charge on any atom is 0.340 e. The maximum absolute atomic E-state index is 13.3. The first-order valence-corrected chi connectivity index (χ1v) is 8.89. The molecule has 0 unspecified atom stereocenters. The van der Waals surface area contributed by atoms with Gasteiger partial charge in [0.05, 0.1) is 10.6 Å². The van der Waals surface area contributed by atoms with Gasteiger partial charge in [-0.3, -0.25) is 4.79 Å². The molecule has 0 saturated carbocycles. The molecular weight excluding hydrogens is 376 g/mol. The lowest BCUT2D eigenvalue weighted by Gasteiger charge is -2.18. The molecule has 0 saturated heterocycles. The van der Waals surface area contributed by atoms with Crippen LogP contribution in [0.3, 0.4) is 0 Å². The minimum absolute atomic E-state index is 0.124. The van der Waals surface area contributed by atoms with Gasteiger partial charge in [-0.15, -0.1) is 0 Å². The van der Waals surface area contributed by atoms with E-state index in [1.807, 2.05) is 37.3 Å². The number of esters is 1. The number of rotatable bonds is 7. The number of carbonyl (C=O) groups excluding carboxylic acids is 2. The van der Waals surface area contributed by atoms with Crippen LogP contribution in [0.15, 0.2) is 42.5 Å². The molecule has 0 bridgehead atoms. The minimum Gasteiger partial charge on any atom is -0.449 e. The van der Waals surface area contributed by atoms with Gasteiger partial charge in [-0.2, -0.15) is 0 Å². The van der Waals surface area contributed by atoms with Crippen molar-refractivity contribution in [2.24, 2.45) is 0 Å². The van der Waals surface area contributed by atoms with Gasteiger partial charge in [0, 0.05) is 12.5 Å². The molecule has 0 heterocycles. The van der Waals surface area contributed by atoms with E-state index >= 15 is 0 Å². The lowest BCUT2D eigenvalue weighted by atomic mass is 9.96. The molecule has 0 radical (unpaired) electrons. The second kappa shape index (κ2) is 9.46. The third kappa shape index (κ3) is 5.50. The number of hydrogen-bond donors (Lipinski definition) is 1. The van der Waals surface area contributed by atoms with Gasteiger partial charge < -0.3 is 10.1 Å². The molecule has 1 amide bonds. The number of amides is 1. The lowest BCUT2D eigenvalue weighted by molar-refractivity contribution is -0.129. The van der Waals surface area contributed by atoms with Crippen LogP contribution in [-0.2, 0) is 9.53 Å². The van der Waals surface area contributed by atoms with Crippen LogP contribution in [0.4, 0.5) is 8.78 Å². The highest BCUT2D eigenvalue weighted by atomic mass is 35.5. The normalized spacial score (nSPS) is 12.9. The monoisotopic (exact) mass is 395 g/mol. The number of ether oxygens (including phenoxy) is 1. The molecule has 7 heteroatoms. The third-order valence-electron chi connectivity index (χ3n) is 4.17. The largest absolute Gasteiger partial charge is 0.449 e. The summed E-state index contributed by atoms with van der Waals surface area (Å²) >= 11 is 5.74. The molecule has 0 aliphatic rings. The van der Waals surface area contributed by atoms with Crippen molar-refractivity contribution >= 4 is 23.5 Å². The number of carbonyl (C=O) groups is 2. The van der Waals surface area contributed by atoms with E-state index in [0.29, 0.717) is 18.7 Å². The van der Waals surface area contributed by atoms with Crippen molar-refractivity contribution in [3.63, 3.8) is 0 Å². The van der Waals surface area contributed by atoms with Gasteiger partial charge in [0.15, 0.2) is 17.7 Å². The number of halogens is 3. The number of hydrogen-bond acceptors (Lipinski definition) is 3. The predicted molar refractivity (Wildman–Crippen MR) is 98.7 cm³/mol. The summed E-state index contributed by atoms with van der Waals surface area (Å²) < 4.78 is 31.4. The fraction of sp³-hybridized carbons (Fsp3) is 0.300. The van der Waals surface area contributed by atoms with Crippen LogP contribution < -0.4 is 5.32 Å². The van der Waals surface area contributed by atoms with Gasteiger partial charge >= 0.3 is 5.97 Å². The zero-order valence-electron chi connectivity index (χ0n) is 15.0. The summed E-state index contributed by atoms with van der Waals surface area (Å²) in [4.78, 5) is 24.3. The first kappa shape index (κ1) is 20.8. The van der Waals surface area contributed by atoms with Gasteiger partial charge in [0.1, 0.15) is 0 Å². The van der Waals surface area contributed by atoms with Crippen LogP contribution in [0.1, 0.15) is 42.1 Å². The molecule has 2 aromatic carbocycles. The Kier molecular flexibility index (Phi) is 7.30. The zero-order valence-corrected chi connectivity index (χ0v) is 15.7. The van der Waals surface area contributed by atoms with Crippen LogP contribution in [0.5, 0.6) is 0 Å². The molecule has 27 heavy (non-hydrogen) atoms. The minimum atomic E-state index is -1.22. The van der Waals surface area contributed by atoms with Crippen LogP contribution >= 0.6 is 11.6 Å². The molecule has 0 fully saturated rings. The van der Waals surface area contributed by atoms with Gasteiger partial charge in [-0.25, -0.2) is 13.6 Å². The number of nitrogens with one attached hydrogen (secondary N) is 1. The van der Waals surface area contributed by atoms with E-state index in [1.54, 1.807) is 0 Å². The van der Waals surface area contributed by atoms with E-state index in [0.717, 1.165) is 12.0 Å². The van der Waals surface area contributed by atoms with Crippen LogP contribution in [0, 0.1) is 11.6 Å². The molecular formula is C20H20ClF2NO3. The second-order valence-electron chi connectivity index (χ2n) is 6.05. The summed E-state index contributed by atoms with van der Waals surface area (Å²) in [6, 6.07) is 11.1. The molecule has 2 aromatic rings. The molecule has 0 aliphatic heterocycles. The van der Waals surface area contributed by atoms with Crippen molar-refractivity contribution in [3.8, 4) is 0 Å². The Morgan fingerprint density at radius 2 is 1.78 bits per heavy atom. The molecule has 2 rings (SSSR count). The molecule has 2 atom stereocenters. The van der Waals surface area contributed by atoms with Gasteiger partial charge in [0.25, 0.3) is 5.91 Å². The average Bonchev–Trinajstić information content (AvgIpc) is 2.65. The highest BCUT2D eigenvalue weighted by molar-refractivity contribution is 6.33. The highest BCUT2D eigenvalue weighted by Gasteiger charge is 2.23. The van der Waals surface area contributed by atoms with Crippen molar-refractivity contribution in [3.05, 3.63) is 70.2 Å². The summed E-state index contributed by atoms with van der Waals surface area (Å²) in [6.07, 6.45) is -0.293. The summed E-state index contributed by atoms with van der Waals surface area (Å²) in [5.74, 6) is -3.77. The van der Waals surface area contributed by atoms with Gasteiger partial charge in [0.2, 0.25) is 0 Å². The van der Waals surface area contributed by atoms with Crippen LogP contribution in [0.25, 0.3) is 0 Å². The van der Waals surface area contributed by atoms with Crippen LogP contribution in [-0.4, -0.2) is 24.5 Å². The summed E-state index contributed by atoms with van der Waals surface area (Å²) in [5.41, 5.74) is 0.754. The summed E-state index contributed by atoms with van der Waals surface area (Å²) in [7, 11) is 0. The molecule has 144 valence electrons. The standard InChI is InChI=1S/C20H20ClF2NO3/c1-3-13(14-7-5-4-6-8-14)11-24-19(25)12(2)27-20(26)15-9-17(22)18(23)10-16(15)21/h4-10,12-13H,3,11H2,1-2H3,(H,24,25)/t12-,13-/m0/s1. The third-order valence-corrected chi connectivity index (χ3v) is 4.48. The Morgan fingerprint density at radius 3 is 2.41 bits per heavy atom. The summed E-state index contributed by atoms with van der Waals surface area (Å²) in [6.45, 7) is 3.79. The van der Waals surface area contributed by atoms with Crippen LogP contribution in [0.2, 0.25) is 5.02 Å². The Hall–Kier alpha value is -2.47. The number of benzene rings is 2. The van der Waals surface area contributed by atoms with Crippen molar-refractivity contribution < 1.29 is 23.1 Å². The Labute approximate surface area is 161 Å². The molecule has 0 spiro atoms. The van der Waals surface area contributed by atoms with Crippen molar-refractivity contribution in [2.45, 2.75) is 32.3 Å². The molecule has 1 N–H and O–H groups in total. The summed E-state index contributed by atoms with van der Waals surface area (Å²) in [5, 5.41) is 2.45. The molecule has 0 aliphatic carbocycles. The topological polar surface area (TPSA) is 55.4 Å². The quantitative estimate of drug-likeness (QED) is 0.555. The van der Waals surface area contributed by atoms with E-state index < -0.39 is 29.6 Å². The van der Waals surface area contributed by atoms with Crippen molar-refractivity contribution in [2.75, 3.05) is 6.54 Å². The van der Waals surface area contributed by atoms with E-state index in [2.05, 4.69) is 5.32 Å². The van der Waals surface area contributed by atoms with Gasteiger partial charge in [-0.05, 0) is 31.0 Å². The fourth-order valence-corrected chi connectivity index (χ4v) is 2.77. The van der Waals surface area contributed by atoms with Crippen molar-refractivity contribution in [1.82, 2.24) is 5.32 Å². The highest BCUT2D eigenvalue weighted by Crippen LogP contribution is 2.21.